The molecule has 6 nitrogen and oxygen atoms in total. The predicted octanol–water partition coefficient (Wildman–Crippen LogP) is 6.82. The number of aliphatic hydroxyl groups is 1. The Morgan fingerprint density at radius 3 is 2.71 bits per heavy atom. The van der Waals surface area contributed by atoms with E-state index in [1.807, 2.05) is 30.3 Å². The highest BCUT2D eigenvalue weighted by atomic mass is 35.5. The Kier molecular flexibility index (Phi) is 6.25. The summed E-state index contributed by atoms with van der Waals surface area (Å²) in [4.78, 5) is 22.0. The van der Waals surface area contributed by atoms with Crippen molar-refractivity contribution in [3.8, 4) is 0 Å². The van der Waals surface area contributed by atoms with Gasteiger partial charge in [0.15, 0.2) is 0 Å². The van der Waals surface area contributed by atoms with E-state index in [0.29, 0.717) is 22.2 Å². The molecule has 0 radical (unpaired) electrons. The van der Waals surface area contributed by atoms with Crippen LogP contribution >= 0.6 is 23.2 Å². The molecule has 1 saturated carbocycles. The summed E-state index contributed by atoms with van der Waals surface area (Å²) in [6.07, 6.45) is 3.05. The second-order valence-corrected chi connectivity index (χ2v) is 12.5. The molecule has 41 heavy (non-hydrogen) atoms. The zero-order valence-electron chi connectivity index (χ0n) is 21.6. The van der Waals surface area contributed by atoms with Crippen molar-refractivity contribution in [3.63, 3.8) is 0 Å². The third-order valence-corrected chi connectivity index (χ3v) is 10.0. The van der Waals surface area contributed by atoms with Crippen molar-refractivity contribution < 1.29 is 14.3 Å². The number of anilines is 1. The molecule has 1 saturated heterocycles. The first-order chi connectivity index (χ1) is 19.4. The molecule has 3 aliphatic heterocycles. The molecule has 4 aromatic rings. The number of nitrogens with one attached hydrogen (secondary N) is 1. The Balaban J connectivity index is 0.00000276. The van der Waals surface area contributed by atoms with Gasteiger partial charge in [0.05, 0.1) is 22.7 Å². The van der Waals surface area contributed by atoms with Gasteiger partial charge in [0.25, 0.3) is 0 Å². The van der Waals surface area contributed by atoms with Crippen molar-refractivity contribution in [3.05, 3.63) is 93.0 Å². The van der Waals surface area contributed by atoms with E-state index < -0.39 is 17.3 Å². The molecule has 8 rings (SSSR count). The van der Waals surface area contributed by atoms with Gasteiger partial charge in [0, 0.05) is 47.2 Å². The number of halogens is 3. The lowest BCUT2D eigenvalue weighted by Gasteiger charge is -2.40. The number of aromatic nitrogens is 2. The number of carbonyl (C=O) groups excluding carboxylic acids is 1. The molecule has 4 heterocycles. The SMILES string of the molecule is C.O=C1Nc2cc(Cl)ccc2[C@@]12[C@@H](c1cccc(Cl)c1F)[C@@H]1c3nc4cc(CO)ccc4n3CC[C@@H]1N2CC1CC1. The summed E-state index contributed by atoms with van der Waals surface area (Å²) in [5.41, 5.74) is 3.34. The Morgan fingerprint density at radius 1 is 1.10 bits per heavy atom. The molecule has 3 aromatic carbocycles. The first kappa shape index (κ1) is 26.9. The maximum Gasteiger partial charge on any atom is 0.250 e. The number of likely N-dealkylation sites (tertiary alicyclic amines) is 1. The van der Waals surface area contributed by atoms with Gasteiger partial charge in [-0.2, -0.15) is 0 Å². The average molecular weight is 594 g/mol. The molecular formula is C32H31Cl2FN4O2. The molecule has 0 bridgehead atoms. The van der Waals surface area contributed by atoms with Crippen LogP contribution in [0.15, 0.2) is 54.6 Å². The summed E-state index contributed by atoms with van der Waals surface area (Å²) in [7, 11) is 0. The Labute approximate surface area is 248 Å². The van der Waals surface area contributed by atoms with Gasteiger partial charge in [-0.25, -0.2) is 9.37 Å². The number of aryl methyl sites for hydroxylation is 1. The fraction of sp³-hybridized carbons (Fsp3) is 0.375. The van der Waals surface area contributed by atoms with Crippen LogP contribution in [0.4, 0.5) is 10.1 Å². The summed E-state index contributed by atoms with van der Waals surface area (Å²) in [5.74, 6) is -0.152. The topological polar surface area (TPSA) is 70.4 Å². The van der Waals surface area contributed by atoms with Gasteiger partial charge in [-0.1, -0.05) is 54.9 Å². The van der Waals surface area contributed by atoms with Crippen LogP contribution < -0.4 is 5.32 Å². The minimum absolute atomic E-state index is 0. The van der Waals surface area contributed by atoms with E-state index in [1.54, 1.807) is 24.3 Å². The quantitative estimate of drug-likeness (QED) is 0.273. The molecule has 4 aliphatic rings. The summed E-state index contributed by atoms with van der Waals surface area (Å²) in [6, 6.07) is 16.4. The van der Waals surface area contributed by atoms with Crippen molar-refractivity contribution in [2.75, 3.05) is 11.9 Å². The molecule has 1 amide bonds. The van der Waals surface area contributed by atoms with E-state index in [4.69, 9.17) is 28.2 Å². The largest absolute Gasteiger partial charge is 0.392 e. The standard InChI is InChI=1S/C31H27Cl2FN4O2.CH4/c32-18-7-8-20-22(13-18)36-30(40)31(20)27(19-2-1-3-21(33)28(19)34)26-25(38(31)14-16-4-5-16)10-11-37-24-9-6-17(15-39)12-23(24)35-29(26)37;/h1-3,6-9,12-13,16,25-27,39H,4-5,10-11,14-15H2,(H,36,40);1H4/t25-,26+,27-,31+;/m0./s1. The first-order valence-corrected chi connectivity index (χ1v) is 14.6. The molecule has 0 unspecified atom stereocenters. The number of imidazole rings is 1. The molecular weight excluding hydrogens is 562 g/mol. The number of hydrogen-bond acceptors (Lipinski definition) is 4. The summed E-state index contributed by atoms with van der Waals surface area (Å²) < 4.78 is 18.4. The zero-order valence-corrected chi connectivity index (χ0v) is 23.1. The van der Waals surface area contributed by atoms with Gasteiger partial charge in [0.2, 0.25) is 5.91 Å². The van der Waals surface area contributed by atoms with Crippen molar-refractivity contribution in [1.82, 2.24) is 14.5 Å². The van der Waals surface area contributed by atoms with Gasteiger partial charge in [-0.05, 0) is 66.6 Å². The van der Waals surface area contributed by atoms with E-state index in [9.17, 15) is 9.90 Å². The van der Waals surface area contributed by atoms with Crippen LogP contribution in [0, 0.1) is 11.7 Å². The average Bonchev–Trinajstić information content (AvgIpc) is 3.54. The monoisotopic (exact) mass is 592 g/mol. The number of benzene rings is 3. The van der Waals surface area contributed by atoms with Crippen LogP contribution in [0.1, 0.15) is 61.0 Å². The van der Waals surface area contributed by atoms with E-state index in [1.165, 1.54) is 0 Å². The van der Waals surface area contributed by atoms with Gasteiger partial charge in [-0.3, -0.25) is 9.69 Å². The van der Waals surface area contributed by atoms with Crippen LogP contribution in [0.5, 0.6) is 0 Å². The molecule has 2 N–H and O–H groups in total. The number of fused-ring (bicyclic) bond motifs is 7. The summed E-state index contributed by atoms with van der Waals surface area (Å²) >= 11 is 12.8. The molecule has 1 aliphatic carbocycles. The Morgan fingerprint density at radius 2 is 1.93 bits per heavy atom. The third-order valence-electron chi connectivity index (χ3n) is 9.50. The molecule has 9 heteroatoms. The lowest BCUT2D eigenvalue weighted by molar-refractivity contribution is -0.128. The molecule has 212 valence electrons. The molecule has 2 fully saturated rings. The van der Waals surface area contributed by atoms with Crippen LogP contribution in [0.2, 0.25) is 10.0 Å². The van der Waals surface area contributed by atoms with Crippen molar-refractivity contribution in [2.24, 2.45) is 5.92 Å². The van der Waals surface area contributed by atoms with E-state index >= 15 is 4.39 Å². The van der Waals surface area contributed by atoms with Crippen molar-refractivity contribution >= 4 is 45.8 Å². The number of rotatable bonds is 4. The third kappa shape index (κ3) is 3.69. The molecule has 4 atom stereocenters. The minimum atomic E-state index is -1.15. The van der Waals surface area contributed by atoms with Crippen molar-refractivity contribution in [2.45, 2.75) is 63.3 Å². The number of aliphatic hydroxyl groups excluding tert-OH is 1. The Hall–Kier alpha value is -2.97. The van der Waals surface area contributed by atoms with Gasteiger partial charge >= 0.3 is 0 Å². The predicted molar refractivity (Wildman–Crippen MR) is 159 cm³/mol. The summed E-state index contributed by atoms with van der Waals surface area (Å²) in [6.45, 7) is 1.42. The van der Waals surface area contributed by atoms with Crippen LogP contribution in [0.25, 0.3) is 11.0 Å². The number of amides is 1. The summed E-state index contributed by atoms with van der Waals surface area (Å²) in [5, 5.41) is 13.5. The maximum atomic E-state index is 16.1. The highest BCUT2D eigenvalue weighted by Crippen LogP contribution is 2.64. The lowest BCUT2D eigenvalue weighted by atomic mass is 9.70. The van der Waals surface area contributed by atoms with Gasteiger partial charge in [0.1, 0.15) is 17.2 Å². The smallest absolute Gasteiger partial charge is 0.250 e. The molecule has 1 spiro atoms. The van der Waals surface area contributed by atoms with Crippen LogP contribution in [-0.2, 0) is 23.5 Å². The van der Waals surface area contributed by atoms with E-state index in [0.717, 1.165) is 60.3 Å². The first-order valence-electron chi connectivity index (χ1n) is 13.8. The number of carbonyl (C=O) groups is 1. The fourth-order valence-electron chi connectivity index (χ4n) is 7.74. The second kappa shape index (κ2) is 9.53. The van der Waals surface area contributed by atoms with E-state index in [-0.39, 0.29) is 36.9 Å². The van der Waals surface area contributed by atoms with Crippen LogP contribution in [-0.4, -0.2) is 38.1 Å². The second-order valence-electron chi connectivity index (χ2n) is 11.6. The van der Waals surface area contributed by atoms with E-state index in [2.05, 4.69) is 14.8 Å². The fourth-order valence-corrected chi connectivity index (χ4v) is 8.09. The van der Waals surface area contributed by atoms with Crippen LogP contribution in [0.3, 0.4) is 0 Å². The van der Waals surface area contributed by atoms with Gasteiger partial charge in [-0.15, -0.1) is 0 Å². The minimum Gasteiger partial charge on any atom is -0.392 e. The maximum absolute atomic E-state index is 16.1. The number of nitrogens with zero attached hydrogens (tertiary/aromatic N) is 3. The van der Waals surface area contributed by atoms with Gasteiger partial charge < -0.3 is 15.0 Å². The van der Waals surface area contributed by atoms with Crippen molar-refractivity contribution in [1.29, 1.82) is 0 Å². The highest BCUT2D eigenvalue weighted by Gasteiger charge is 2.69. The highest BCUT2D eigenvalue weighted by molar-refractivity contribution is 6.31. The number of hydrogen-bond donors (Lipinski definition) is 2. The molecule has 1 aromatic heterocycles. The lowest BCUT2D eigenvalue weighted by Crippen LogP contribution is -2.53. The normalized spacial score (nSPS) is 26.5. The Bertz CT molecular complexity index is 1720. The zero-order chi connectivity index (χ0) is 27.3.